The van der Waals surface area contributed by atoms with E-state index in [1.165, 1.54) is 17.1 Å². The number of rotatable bonds is 3. The first-order chi connectivity index (χ1) is 12.1. The van der Waals surface area contributed by atoms with Gasteiger partial charge in [-0.2, -0.15) is 10.1 Å². The minimum absolute atomic E-state index is 0.0637. The van der Waals surface area contributed by atoms with E-state index >= 15 is 0 Å². The van der Waals surface area contributed by atoms with E-state index in [1.807, 2.05) is 0 Å². The van der Waals surface area contributed by atoms with Crippen molar-refractivity contribution in [1.82, 2.24) is 14.8 Å². The summed E-state index contributed by atoms with van der Waals surface area (Å²) in [5, 5.41) is 7.25. The van der Waals surface area contributed by atoms with Crippen LogP contribution >= 0.6 is 0 Å². The number of anilines is 1. The van der Waals surface area contributed by atoms with Gasteiger partial charge in [-0.1, -0.05) is 18.2 Å². The monoisotopic (exact) mass is 342 g/mol. The highest BCUT2D eigenvalue weighted by atomic mass is 19.1. The van der Waals surface area contributed by atoms with Gasteiger partial charge in [0.2, 0.25) is 5.95 Å². The van der Waals surface area contributed by atoms with E-state index in [2.05, 4.69) is 15.4 Å². The van der Waals surface area contributed by atoms with Gasteiger partial charge in [-0.05, 0) is 38.7 Å². The Morgan fingerprint density at radius 3 is 2.84 bits per heavy atom. The summed E-state index contributed by atoms with van der Waals surface area (Å²) in [6.07, 6.45) is 5.21. The predicted octanol–water partition coefficient (Wildman–Crippen LogP) is 3.19. The Morgan fingerprint density at radius 2 is 2.08 bits per heavy atom. The number of benzene rings is 1. The lowest BCUT2D eigenvalue weighted by Gasteiger charge is -2.29. The molecule has 1 atom stereocenters. The maximum absolute atomic E-state index is 14.5. The fourth-order valence-electron chi connectivity index (χ4n) is 3.56. The smallest absolute Gasteiger partial charge is 0.338 e. The zero-order valence-corrected chi connectivity index (χ0v) is 13.9. The van der Waals surface area contributed by atoms with Crippen molar-refractivity contribution in [1.29, 1.82) is 0 Å². The van der Waals surface area contributed by atoms with E-state index in [-0.39, 0.29) is 6.10 Å². The fraction of sp³-hybridized carbons (Fsp3) is 0.389. The molecule has 0 spiro atoms. The molecule has 0 amide bonds. The summed E-state index contributed by atoms with van der Waals surface area (Å²) in [4.78, 5) is 17.0. The van der Waals surface area contributed by atoms with Gasteiger partial charge in [0.1, 0.15) is 24.3 Å². The van der Waals surface area contributed by atoms with Crippen LogP contribution in [-0.2, 0) is 9.53 Å². The summed E-state index contributed by atoms with van der Waals surface area (Å²) >= 11 is 0. The lowest BCUT2D eigenvalue weighted by molar-refractivity contribution is -0.144. The molecular weight excluding hydrogens is 323 g/mol. The molecule has 130 valence electrons. The molecule has 1 aromatic carbocycles. The second kappa shape index (κ2) is 6.31. The highest BCUT2D eigenvalue weighted by Crippen LogP contribution is 2.37. The number of esters is 1. The Hall–Kier alpha value is -2.70. The average molecular weight is 342 g/mol. The van der Waals surface area contributed by atoms with E-state index < -0.39 is 17.8 Å². The van der Waals surface area contributed by atoms with Crippen molar-refractivity contribution in [3.63, 3.8) is 0 Å². The largest absolute Gasteiger partial charge is 0.459 e. The topological polar surface area (TPSA) is 69.0 Å². The fourth-order valence-corrected chi connectivity index (χ4v) is 3.56. The van der Waals surface area contributed by atoms with Crippen molar-refractivity contribution >= 4 is 11.9 Å². The Bertz CT molecular complexity index is 839. The minimum atomic E-state index is -0.700. The van der Waals surface area contributed by atoms with Gasteiger partial charge in [0, 0.05) is 11.3 Å². The van der Waals surface area contributed by atoms with Crippen LogP contribution < -0.4 is 5.32 Å². The highest BCUT2D eigenvalue weighted by Gasteiger charge is 2.36. The van der Waals surface area contributed by atoms with Crippen molar-refractivity contribution in [3.05, 3.63) is 53.2 Å². The van der Waals surface area contributed by atoms with Crippen molar-refractivity contribution in [2.24, 2.45) is 0 Å². The molecule has 2 aromatic rings. The van der Waals surface area contributed by atoms with Crippen molar-refractivity contribution in [2.75, 3.05) is 5.32 Å². The van der Waals surface area contributed by atoms with Gasteiger partial charge in [0.05, 0.1) is 5.57 Å². The molecule has 0 bridgehead atoms. The molecule has 6 nitrogen and oxygen atoms in total. The lowest BCUT2D eigenvalue weighted by Crippen LogP contribution is -2.31. The van der Waals surface area contributed by atoms with Crippen LogP contribution in [0.2, 0.25) is 0 Å². The lowest BCUT2D eigenvalue weighted by atomic mass is 9.95. The van der Waals surface area contributed by atoms with Crippen LogP contribution in [0, 0.1) is 5.82 Å². The SMILES string of the molecule is CC1=C(C(=O)OC2CCCC2)[C@@H](c2ccccc2F)n2ncnc2N1. The number of halogens is 1. The third kappa shape index (κ3) is 2.79. The van der Waals surface area contributed by atoms with Gasteiger partial charge in [0.15, 0.2) is 0 Å². The summed E-state index contributed by atoms with van der Waals surface area (Å²) in [6, 6.07) is 5.70. The molecule has 0 unspecified atom stereocenters. The molecule has 7 heteroatoms. The third-order valence-electron chi connectivity index (χ3n) is 4.79. The van der Waals surface area contributed by atoms with Gasteiger partial charge in [-0.15, -0.1) is 0 Å². The van der Waals surface area contributed by atoms with E-state index in [0.29, 0.717) is 22.8 Å². The first-order valence-corrected chi connectivity index (χ1v) is 8.48. The Morgan fingerprint density at radius 1 is 1.32 bits per heavy atom. The number of hydrogen-bond acceptors (Lipinski definition) is 5. The van der Waals surface area contributed by atoms with Crippen LogP contribution in [0.3, 0.4) is 0 Å². The van der Waals surface area contributed by atoms with Crippen LogP contribution in [0.4, 0.5) is 10.3 Å². The molecule has 25 heavy (non-hydrogen) atoms. The molecule has 0 radical (unpaired) electrons. The summed E-state index contributed by atoms with van der Waals surface area (Å²) in [6.45, 7) is 1.78. The molecule has 2 aliphatic rings. The number of carbonyl (C=O) groups excluding carboxylic acids is 1. The highest BCUT2D eigenvalue weighted by molar-refractivity contribution is 5.92. The second-order valence-corrected chi connectivity index (χ2v) is 6.43. The Kier molecular flexibility index (Phi) is 3.99. The zero-order valence-electron chi connectivity index (χ0n) is 13.9. The number of aromatic nitrogens is 3. The first-order valence-electron chi connectivity index (χ1n) is 8.48. The molecule has 1 aromatic heterocycles. The molecule has 1 aliphatic carbocycles. The Labute approximate surface area is 144 Å². The third-order valence-corrected chi connectivity index (χ3v) is 4.79. The van der Waals surface area contributed by atoms with Crippen molar-refractivity contribution in [2.45, 2.75) is 44.8 Å². The standard InChI is InChI=1S/C18H19FN4O2/c1-11-15(17(24)25-12-6-2-3-7-12)16(13-8-4-5-9-14(13)19)23-18(22-11)20-10-21-23/h4-5,8-10,12,16H,2-3,6-7H2,1H3,(H,20,21,22)/t16-/m1/s1. The molecular formula is C18H19FN4O2. The number of allylic oxidation sites excluding steroid dienone is 1. The van der Waals surface area contributed by atoms with E-state index in [9.17, 15) is 9.18 Å². The summed E-state index contributed by atoms with van der Waals surface area (Å²) in [5.41, 5.74) is 1.35. The van der Waals surface area contributed by atoms with Gasteiger partial charge >= 0.3 is 5.97 Å². The number of fused-ring (bicyclic) bond motifs is 1. The van der Waals surface area contributed by atoms with Crippen LogP contribution in [0.15, 0.2) is 41.9 Å². The molecule has 4 rings (SSSR count). The molecule has 0 saturated heterocycles. The average Bonchev–Trinajstić information content (AvgIpc) is 3.25. The van der Waals surface area contributed by atoms with E-state index in [4.69, 9.17) is 4.74 Å². The molecule has 1 fully saturated rings. The number of hydrogen-bond donors (Lipinski definition) is 1. The molecule has 1 N–H and O–H groups in total. The minimum Gasteiger partial charge on any atom is -0.459 e. The van der Waals surface area contributed by atoms with Gasteiger partial charge < -0.3 is 10.1 Å². The maximum atomic E-state index is 14.5. The normalized spacial score (nSPS) is 20.3. The molecule has 1 saturated carbocycles. The number of carbonyl (C=O) groups is 1. The summed E-state index contributed by atoms with van der Waals surface area (Å²) < 4.78 is 21.7. The predicted molar refractivity (Wildman–Crippen MR) is 89.2 cm³/mol. The van der Waals surface area contributed by atoms with Crippen LogP contribution in [-0.4, -0.2) is 26.8 Å². The number of nitrogens with zero attached hydrogens (tertiary/aromatic N) is 3. The second-order valence-electron chi connectivity index (χ2n) is 6.43. The van der Waals surface area contributed by atoms with Gasteiger partial charge in [-0.25, -0.2) is 13.9 Å². The van der Waals surface area contributed by atoms with Crippen LogP contribution in [0.1, 0.15) is 44.2 Å². The van der Waals surface area contributed by atoms with E-state index in [1.54, 1.807) is 25.1 Å². The first kappa shape index (κ1) is 15.8. The summed E-state index contributed by atoms with van der Waals surface area (Å²) in [5.74, 6) is -0.343. The van der Waals surface area contributed by atoms with Crippen molar-refractivity contribution < 1.29 is 13.9 Å². The van der Waals surface area contributed by atoms with Crippen LogP contribution in [0.5, 0.6) is 0 Å². The summed E-state index contributed by atoms with van der Waals surface area (Å²) in [7, 11) is 0. The van der Waals surface area contributed by atoms with Crippen LogP contribution in [0.25, 0.3) is 0 Å². The molecule has 2 heterocycles. The maximum Gasteiger partial charge on any atom is 0.338 e. The van der Waals surface area contributed by atoms with Gasteiger partial charge in [0.25, 0.3) is 0 Å². The quantitative estimate of drug-likeness (QED) is 0.868. The van der Waals surface area contributed by atoms with Crippen molar-refractivity contribution in [3.8, 4) is 0 Å². The van der Waals surface area contributed by atoms with E-state index in [0.717, 1.165) is 25.7 Å². The Balaban J connectivity index is 1.76. The zero-order chi connectivity index (χ0) is 17.4. The number of ether oxygens (including phenoxy) is 1. The van der Waals surface area contributed by atoms with Gasteiger partial charge in [-0.3, -0.25) is 0 Å². The molecule has 1 aliphatic heterocycles. The number of nitrogens with one attached hydrogen (secondary N) is 1.